The first-order valence-electron chi connectivity index (χ1n) is 5.98. The monoisotopic (exact) mass is 251 g/mol. The molecule has 0 saturated carbocycles. The van der Waals surface area contributed by atoms with Crippen molar-refractivity contribution in [2.45, 2.75) is 26.3 Å². The van der Waals surface area contributed by atoms with Crippen LogP contribution in [0.3, 0.4) is 0 Å². The number of nitrogens with zero attached hydrogens (tertiary/aromatic N) is 4. The van der Waals surface area contributed by atoms with E-state index in [2.05, 4.69) is 29.1 Å². The summed E-state index contributed by atoms with van der Waals surface area (Å²) in [5.41, 5.74) is -0.0408. The van der Waals surface area contributed by atoms with E-state index in [1.165, 1.54) is 6.33 Å². The molecule has 0 aliphatic carbocycles. The van der Waals surface area contributed by atoms with Crippen LogP contribution in [0.2, 0.25) is 0 Å². The summed E-state index contributed by atoms with van der Waals surface area (Å²) >= 11 is 0. The summed E-state index contributed by atoms with van der Waals surface area (Å²) in [6.45, 7) is 5.00. The highest BCUT2D eigenvalue weighted by Gasteiger charge is 2.34. The predicted molar refractivity (Wildman–Crippen MR) is 68.8 cm³/mol. The second kappa shape index (κ2) is 4.75. The number of nitrogens with one attached hydrogen (secondary N) is 1. The third-order valence-electron chi connectivity index (χ3n) is 3.28. The third kappa shape index (κ3) is 2.07. The lowest BCUT2D eigenvalue weighted by atomic mass is 10.1. The van der Waals surface area contributed by atoms with Crippen LogP contribution in [0, 0.1) is 16.0 Å². The van der Waals surface area contributed by atoms with Gasteiger partial charge in [-0.25, -0.2) is 9.97 Å². The van der Waals surface area contributed by atoms with Crippen molar-refractivity contribution in [3.8, 4) is 0 Å². The molecule has 7 heteroatoms. The first kappa shape index (κ1) is 12.5. The molecule has 98 valence electrons. The van der Waals surface area contributed by atoms with Gasteiger partial charge in [0.25, 0.3) is 0 Å². The lowest BCUT2D eigenvalue weighted by Crippen LogP contribution is -2.28. The Kier molecular flexibility index (Phi) is 3.31. The van der Waals surface area contributed by atoms with Gasteiger partial charge in [0.1, 0.15) is 6.33 Å². The molecule has 7 nitrogen and oxygen atoms in total. The molecule has 0 bridgehead atoms. The SMILES string of the molecule is CNc1ncnc(N2CC(C)CC2C)c1[N+](=O)[O-]. The summed E-state index contributed by atoms with van der Waals surface area (Å²) in [7, 11) is 1.62. The van der Waals surface area contributed by atoms with Gasteiger partial charge in [0.05, 0.1) is 4.92 Å². The van der Waals surface area contributed by atoms with Gasteiger partial charge >= 0.3 is 5.69 Å². The van der Waals surface area contributed by atoms with Crippen LogP contribution in [0.15, 0.2) is 6.33 Å². The van der Waals surface area contributed by atoms with Crippen LogP contribution in [0.4, 0.5) is 17.3 Å². The van der Waals surface area contributed by atoms with E-state index < -0.39 is 4.92 Å². The minimum atomic E-state index is -0.420. The van der Waals surface area contributed by atoms with Crippen molar-refractivity contribution in [2.24, 2.45) is 5.92 Å². The average Bonchev–Trinajstić information content (AvgIpc) is 2.67. The van der Waals surface area contributed by atoms with E-state index in [0.717, 1.165) is 13.0 Å². The van der Waals surface area contributed by atoms with E-state index in [-0.39, 0.29) is 17.5 Å². The van der Waals surface area contributed by atoms with Gasteiger partial charge in [0.2, 0.25) is 11.6 Å². The van der Waals surface area contributed by atoms with E-state index >= 15 is 0 Å². The molecule has 1 aromatic heterocycles. The zero-order chi connectivity index (χ0) is 13.3. The molecule has 2 heterocycles. The summed E-state index contributed by atoms with van der Waals surface area (Å²) < 4.78 is 0. The average molecular weight is 251 g/mol. The number of rotatable bonds is 3. The molecule has 18 heavy (non-hydrogen) atoms. The molecule has 2 atom stereocenters. The van der Waals surface area contributed by atoms with Crippen LogP contribution >= 0.6 is 0 Å². The van der Waals surface area contributed by atoms with Crippen molar-refractivity contribution in [3.63, 3.8) is 0 Å². The third-order valence-corrected chi connectivity index (χ3v) is 3.28. The van der Waals surface area contributed by atoms with Crippen LogP contribution in [-0.2, 0) is 0 Å². The lowest BCUT2D eigenvalue weighted by Gasteiger charge is -2.22. The molecule has 1 N–H and O–H groups in total. The molecule has 1 fully saturated rings. The Bertz CT molecular complexity index is 465. The zero-order valence-electron chi connectivity index (χ0n) is 10.8. The number of hydrogen-bond acceptors (Lipinski definition) is 6. The summed E-state index contributed by atoms with van der Waals surface area (Å²) in [4.78, 5) is 20.8. The number of nitro groups is 1. The highest BCUT2D eigenvalue weighted by atomic mass is 16.6. The molecular formula is C11H17N5O2. The Morgan fingerprint density at radius 1 is 1.50 bits per heavy atom. The fourth-order valence-electron chi connectivity index (χ4n) is 2.53. The Morgan fingerprint density at radius 3 is 2.72 bits per heavy atom. The van der Waals surface area contributed by atoms with Crippen molar-refractivity contribution in [2.75, 3.05) is 23.8 Å². The lowest BCUT2D eigenvalue weighted by molar-refractivity contribution is -0.383. The minimum Gasteiger partial charge on any atom is -0.367 e. The number of hydrogen-bond donors (Lipinski definition) is 1. The van der Waals surface area contributed by atoms with Gasteiger partial charge < -0.3 is 10.2 Å². The molecule has 0 radical (unpaired) electrons. The van der Waals surface area contributed by atoms with Gasteiger partial charge in [-0.3, -0.25) is 10.1 Å². The Labute approximate surface area is 105 Å². The smallest absolute Gasteiger partial charge is 0.353 e. The van der Waals surface area contributed by atoms with Crippen molar-refractivity contribution in [1.82, 2.24) is 9.97 Å². The fourth-order valence-corrected chi connectivity index (χ4v) is 2.53. The van der Waals surface area contributed by atoms with Gasteiger partial charge in [-0.2, -0.15) is 0 Å². The van der Waals surface area contributed by atoms with Gasteiger partial charge in [-0.05, 0) is 19.3 Å². The normalized spacial score (nSPS) is 23.2. The second-order valence-corrected chi connectivity index (χ2v) is 4.74. The Balaban J connectivity index is 2.47. The van der Waals surface area contributed by atoms with Crippen molar-refractivity contribution < 1.29 is 4.92 Å². The number of anilines is 2. The van der Waals surface area contributed by atoms with Gasteiger partial charge in [-0.1, -0.05) is 6.92 Å². The molecular weight excluding hydrogens is 234 g/mol. The number of aromatic nitrogens is 2. The molecule has 1 aromatic rings. The van der Waals surface area contributed by atoms with Gasteiger partial charge in [-0.15, -0.1) is 0 Å². The van der Waals surface area contributed by atoms with E-state index in [1.54, 1.807) is 7.05 Å². The molecule has 2 rings (SSSR count). The predicted octanol–water partition coefficient (Wildman–Crippen LogP) is 1.66. The van der Waals surface area contributed by atoms with Crippen LogP contribution in [0.5, 0.6) is 0 Å². The summed E-state index contributed by atoms with van der Waals surface area (Å²) in [6, 6.07) is 0.262. The molecule has 1 saturated heterocycles. The maximum Gasteiger partial charge on any atom is 0.353 e. The second-order valence-electron chi connectivity index (χ2n) is 4.74. The molecule has 1 aliphatic heterocycles. The zero-order valence-corrected chi connectivity index (χ0v) is 10.8. The van der Waals surface area contributed by atoms with Gasteiger partial charge in [0.15, 0.2) is 0 Å². The van der Waals surface area contributed by atoms with E-state index in [1.807, 2.05) is 4.90 Å². The Hall–Kier alpha value is -1.92. The van der Waals surface area contributed by atoms with Crippen LogP contribution < -0.4 is 10.2 Å². The van der Waals surface area contributed by atoms with Crippen molar-refractivity contribution in [1.29, 1.82) is 0 Å². The molecule has 2 unspecified atom stereocenters. The van der Waals surface area contributed by atoms with E-state index in [0.29, 0.717) is 11.7 Å². The highest BCUT2D eigenvalue weighted by molar-refractivity contribution is 5.70. The van der Waals surface area contributed by atoms with Crippen molar-refractivity contribution >= 4 is 17.3 Å². The Morgan fingerprint density at radius 2 is 2.22 bits per heavy atom. The fraction of sp³-hybridized carbons (Fsp3) is 0.636. The van der Waals surface area contributed by atoms with Gasteiger partial charge in [0, 0.05) is 19.6 Å². The van der Waals surface area contributed by atoms with E-state index in [4.69, 9.17) is 0 Å². The minimum absolute atomic E-state index is 0.0408. The topological polar surface area (TPSA) is 84.2 Å². The standard InChI is InChI=1S/C11H17N5O2/c1-7-4-8(2)15(5-7)11-9(16(17)18)10(12-3)13-6-14-11/h6-8H,4-5H2,1-3H3,(H,12,13,14). The molecule has 0 amide bonds. The maximum absolute atomic E-state index is 11.2. The summed E-state index contributed by atoms with van der Waals surface area (Å²) in [5.74, 6) is 1.19. The molecule has 0 aromatic carbocycles. The quantitative estimate of drug-likeness (QED) is 0.649. The summed E-state index contributed by atoms with van der Waals surface area (Å²) in [6.07, 6.45) is 2.39. The van der Waals surface area contributed by atoms with Crippen LogP contribution in [0.1, 0.15) is 20.3 Å². The largest absolute Gasteiger partial charge is 0.367 e. The molecule has 1 aliphatic rings. The maximum atomic E-state index is 11.2. The van der Waals surface area contributed by atoms with Crippen molar-refractivity contribution in [3.05, 3.63) is 16.4 Å². The van der Waals surface area contributed by atoms with E-state index in [9.17, 15) is 10.1 Å². The van der Waals surface area contributed by atoms with Crippen LogP contribution in [0.25, 0.3) is 0 Å². The highest BCUT2D eigenvalue weighted by Crippen LogP contribution is 2.36. The first-order chi connectivity index (χ1) is 8.54. The first-order valence-corrected chi connectivity index (χ1v) is 5.98. The molecule has 0 spiro atoms. The summed E-state index contributed by atoms with van der Waals surface area (Å²) in [5, 5.41) is 14.0. The van der Waals surface area contributed by atoms with Crippen LogP contribution in [-0.4, -0.2) is 34.5 Å².